The fourth-order valence-corrected chi connectivity index (χ4v) is 4.65. The van der Waals surface area contributed by atoms with Crippen molar-refractivity contribution in [2.45, 2.75) is 23.8 Å². The second-order valence-electron chi connectivity index (χ2n) is 8.29. The highest BCUT2D eigenvalue weighted by Crippen LogP contribution is 2.27. The van der Waals surface area contributed by atoms with Crippen molar-refractivity contribution in [2.75, 3.05) is 25.1 Å². The average Bonchev–Trinajstić information content (AvgIpc) is 3.29. The maximum absolute atomic E-state index is 12.8. The van der Waals surface area contributed by atoms with Crippen LogP contribution in [0.5, 0.6) is 5.88 Å². The van der Waals surface area contributed by atoms with E-state index in [0.29, 0.717) is 54.2 Å². The Kier molecular flexibility index (Phi) is 5.81. The number of nitrogens with two attached hydrogens (primary N) is 1. The van der Waals surface area contributed by atoms with Gasteiger partial charge >= 0.3 is 0 Å². The molecule has 0 radical (unpaired) electrons. The Hall–Kier alpha value is -4.06. The monoisotopic (exact) mass is 493 g/mol. The van der Waals surface area contributed by atoms with E-state index in [0.717, 1.165) is 6.26 Å². The minimum atomic E-state index is -3.29. The molecular formula is C23H23N7O4S. The van der Waals surface area contributed by atoms with E-state index in [1.807, 2.05) is 0 Å². The summed E-state index contributed by atoms with van der Waals surface area (Å²) in [5.41, 5.74) is 7.73. The van der Waals surface area contributed by atoms with Gasteiger partial charge in [0.15, 0.2) is 21.2 Å². The summed E-state index contributed by atoms with van der Waals surface area (Å²) in [4.78, 5) is 27.5. The number of carbonyl (C=O) groups excluding carboxylic acids is 1. The standard InChI is InChI=1S/C23H23N7O4S/c1-35(32,33)17-6-4-15(5-7-17)30-21-18(13-28-30)22(27-14-26-21)34-16-8-11-29(12-9-16)23(31)20-19(24)3-2-10-25-20/h2-7,10,13-14,16H,8-9,11-12,24H2,1H3. The molecule has 1 aliphatic heterocycles. The highest BCUT2D eigenvalue weighted by molar-refractivity contribution is 7.90. The van der Waals surface area contributed by atoms with Gasteiger partial charge in [-0.2, -0.15) is 5.10 Å². The van der Waals surface area contributed by atoms with Crippen molar-refractivity contribution in [3.05, 3.63) is 60.8 Å². The summed E-state index contributed by atoms with van der Waals surface area (Å²) in [7, 11) is -3.29. The number of hydrogen-bond donors (Lipinski definition) is 1. The molecule has 35 heavy (non-hydrogen) atoms. The number of ether oxygens (including phenoxy) is 1. The van der Waals surface area contributed by atoms with Crippen LogP contribution in [0.1, 0.15) is 23.3 Å². The van der Waals surface area contributed by atoms with Crippen LogP contribution in [0.4, 0.5) is 5.69 Å². The predicted octanol–water partition coefficient (Wildman–Crippen LogP) is 1.88. The first-order valence-corrected chi connectivity index (χ1v) is 12.9. The fraction of sp³-hybridized carbons (Fsp3) is 0.261. The SMILES string of the molecule is CS(=O)(=O)c1ccc(-n2ncc3c(OC4CCN(C(=O)c5ncccc5N)CC4)ncnc32)cc1. The van der Waals surface area contributed by atoms with Gasteiger partial charge in [0.05, 0.1) is 22.5 Å². The second kappa shape index (κ2) is 8.95. The molecule has 0 saturated carbocycles. The summed E-state index contributed by atoms with van der Waals surface area (Å²) >= 11 is 0. The number of nitrogen functional groups attached to an aromatic ring is 1. The van der Waals surface area contributed by atoms with Crippen LogP contribution in [0.3, 0.4) is 0 Å². The van der Waals surface area contributed by atoms with E-state index in [1.54, 1.807) is 46.2 Å². The molecule has 2 N–H and O–H groups in total. The third kappa shape index (κ3) is 4.52. The maximum Gasteiger partial charge on any atom is 0.274 e. The predicted molar refractivity (Wildman–Crippen MR) is 128 cm³/mol. The third-order valence-corrected chi connectivity index (χ3v) is 7.02. The molecule has 0 atom stereocenters. The number of carbonyl (C=O) groups is 1. The van der Waals surface area contributed by atoms with Crippen LogP contribution in [-0.4, -0.2) is 69.4 Å². The molecule has 5 rings (SSSR count). The lowest BCUT2D eigenvalue weighted by atomic mass is 10.1. The summed E-state index contributed by atoms with van der Waals surface area (Å²) < 4.78 is 31.2. The molecular weight excluding hydrogens is 470 g/mol. The van der Waals surface area contributed by atoms with Crippen LogP contribution in [0.2, 0.25) is 0 Å². The molecule has 4 heterocycles. The lowest BCUT2D eigenvalue weighted by molar-refractivity contribution is 0.0586. The average molecular weight is 494 g/mol. The summed E-state index contributed by atoms with van der Waals surface area (Å²) in [5.74, 6) is 0.224. The molecule has 0 aliphatic carbocycles. The number of sulfone groups is 1. The van der Waals surface area contributed by atoms with Crippen LogP contribution in [0.25, 0.3) is 16.7 Å². The minimum Gasteiger partial charge on any atom is -0.474 e. The second-order valence-corrected chi connectivity index (χ2v) is 10.3. The van der Waals surface area contributed by atoms with Crippen LogP contribution in [-0.2, 0) is 9.84 Å². The highest BCUT2D eigenvalue weighted by atomic mass is 32.2. The number of pyridine rings is 1. The molecule has 4 aromatic rings. The Morgan fingerprint density at radius 3 is 2.51 bits per heavy atom. The quantitative estimate of drug-likeness (QED) is 0.440. The van der Waals surface area contributed by atoms with Crippen molar-refractivity contribution >= 4 is 32.5 Å². The van der Waals surface area contributed by atoms with Gasteiger partial charge in [0.1, 0.15) is 17.8 Å². The van der Waals surface area contributed by atoms with Crippen molar-refractivity contribution in [2.24, 2.45) is 0 Å². The van der Waals surface area contributed by atoms with Crippen molar-refractivity contribution in [3.8, 4) is 11.6 Å². The van der Waals surface area contributed by atoms with Crippen LogP contribution in [0, 0.1) is 0 Å². The van der Waals surface area contributed by atoms with Gasteiger partial charge < -0.3 is 15.4 Å². The highest BCUT2D eigenvalue weighted by Gasteiger charge is 2.27. The zero-order valence-electron chi connectivity index (χ0n) is 18.9. The summed E-state index contributed by atoms with van der Waals surface area (Å²) in [6.07, 6.45) is 6.88. The molecule has 0 unspecified atom stereocenters. The molecule has 0 bridgehead atoms. The molecule has 1 fully saturated rings. The maximum atomic E-state index is 12.8. The van der Waals surface area contributed by atoms with Gasteiger partial charge in [-0.25, -0.2) is 28.1 Å². The molecule has 0 spiro atoms. The Labute approximate surface area is 201 Å². The van der Waals surface area contributed by atoms with E-state index in [9.17, 15) is 13.2 Å². The molecule has 1 aliphatic rings. The lowest BCUT2D eigenvalue weighted by Crippen LogP contribution is -2.42. The van der Waals surface area contributed by atoms with E-state index in [-0.39, 0.29) is 22.6 Å². The number of piperidine rings is 1. The van der Waals surface area contributed by atoms with Crippen molar-refractivity contribution < 1.29 is 17.9 Å². The number of fused-ring (bicyclic) bond motifs is 1. The van der Waals surface area contributed by atoms with Gasteiger partial charge in [-0.15, -0.1) is 0 Å². The van der Waals surface area contributed by atoms with Crippen LogP contribution in [0.15, 0.2) is 60.0 Å². The Morgan fingerprint density at radius 1 is 1.09 bits per heavy atom. The largest absolute Gasteiger partial charge is 0.474 e. The Morgan fingerprint density at radius 2 is 1.83 bits per heavy atom. The molecule has 1 amide bonds. The Balaban J connectivity index is 1.30. The molecule has 1 saturated heterocycles. The smallest absolute Gasteiger partial charge is 0.274 e. The lowest BCUT2D eigenvalue weighted by Gasteiger charge is -2.31. The minimum absolute atomic E-state index is 0.129. The van der Waals surface area contributed by atoms with Crippen molar-refractivity contribution in [1.29, 1.82) is 0 Å². The van der Waals surface area contributed by atoms with Gasteiger partial charge in [-0.05, 0) is 36.4 Å². The number of hydrogen-bond acceptors (Lipinski definition) is 9. The van der Waals surface area contributed by atoms with Gasteiger partial charge in [0, 0.05) is 38.4 Å². The molecule has 3 aromatic heterocycles. The zero-order valence-corrected chi connectivity index (χ0v) is 19.7. The first-order chi connectivity index (χ1) is 16.8. The summed E-state index contributed by atoms with van der Waals surface area (Å²) in [6.45, 7) is 1.03. The van der Waals surface area contributed by atoms with E-state index in [2.05, 4.69) is 20.1 Å². The molecule has 11 nitrogen and oxygen atoms in total. The van der Waals surface area contributed by atoms with Gasteiger partial charge in [-0.3, -0.25) is 4.79 Å². The summed E-state index contributed by atoms with van der Waals surface area (Å²) in [5, 5.41) is 5.04. The third-order valence-electron chi connectivity index (χ3n) is 5.89. The zero-order chi connectivity index (χ0) is 24.6. The normalized spacial score (nSPS) is 14.8. The van der Waals surface area contributed by atoms with Crippen molar-refractivity contribution in [1.82, 2.24) is 29.6 Å². The summed E-state index contributed by atoms with van der Waals surface area (Å²) in [6, 6.07) is 9.77. The number of benzene rings is 1. The molecule has 12 heteroatoms. The van der Waals surface area contributed by atoms with E-state index in [4.69, 9.17) is 10.5 Å². The van der Waals surface area contributed by atoms with Crippen LogP contribution < -0.4 is 10.5 Å². The number of aromatic nitrogens is 5. The van der Waals surface area contributed by atoms with E-state index in [1.165, 1.54) is 18.5 Å². The molecule has 180 valence electrons. The number of anilines is 1. The van der Waals surface area contributed by atoms with Gasteiger partial charge in [0.2, 0.25) is 5.88 Å². The topological polar surface area (TPSA) is 146 Å². The number of nitrogens with zero attached hydrogens (tertiary/aromatic N) is 6. The number of rotatable bonds is 5. The first-order valence-electron chi connectivity index (χ1n) is 11.0. The van der Waals surface area contributed by atoms with Crippen molar-refractivity contribution in [3.63, 3.8) is 0 Å². The van der Waals surface area contributed by atoms with Gasteiger partial charge in [0.25, 0.3) is 5.91 Å². The van der Waals surface area contributed by atoms with Crippen LogP contribution >= 0.6 is 0 Å². The fourth-order valence-electron chi connectivity index (χ4n) is 4.02. The van der Waals surface area contributed by atoms with E-state index >= 15 is 0 Å². The van der Waals surface area contributed by atoms with E-state index < -0.39 is 9.84 Å². The number of amides is 1. The first kappa shape index (κ1) is 22.7. The molecule has 1 aromatic carbocycles. The number of likely N-dealkylation sites (tertiary alicyclic amines) is 1. The Bertz CT molecular complexity index is 1490. The van der Waals surface area contributed by atoms with Gasteiger partial charge in [-0.1, -0.05) is 0 Å².